The lowest BCUT2D eigenvalue weighted by Crippen LogP contribution is -2.23. The van der Waals surface area contributed by atoms with E-state index in [-0.39, 0.29) is 0 Å². The highest BCUT2D eigenvalue weighted by molar-refractivity contribution is 5.63. The molecular weight excluding hydrogens is 364 g/mol. The molecule has 0 unspecified atom stereocenters. The third kappa shape index (κ3) is 103. The first-order chi connectivity index (χ1) is 13.1. The lowest BCUT2D eigenvalue weighted by atomic mass is 10.1. The maximum atomic E-state index is 9.00. The van der Waals surface area contributed by atoms with Crippen LogP contribution in [0.15, 0.2) is 0 Å². The van der Waals surface area contributed by atoms with Gasteiger partial charge < -0.3 is 26.4 Å². The zero-order valence-electron chi connectivity index (χ0n) is 18.3. The van der Waals surface area contributed by atoms with E-state index in [1.165, 1.54) is 64.2 Å². The second-order valence-corrected chi connectivity index (χ2v) is 6.28. The second-order valence-electron chi connectivity index (χ2n) is 6.28. The van der Waals surface area contributed by atoms with Crippen LogP contribution in [0.2, 0.25) is 0 Å². The zero-order valence-corrected chi connectivity index (χ0v) is 18.3. The van der Waals surface area contributed by atoms with Gasteiger partial charge in [-0.1, -0.05) is 64.7 Å². The summed E-state index contributed by atoms with van der Waals surface area (Å²) in [4.78, 5) is 27.0. The maximum absolute atomic E-state index is 9.00. The topological polar surface area (TPSA) is 150 Å². The van der Waals surface area contributed by atoms with Gasteiger partial charge in [-0.15, -0.1) is 0 Å². The van der Waals surface area contributed by atoms with Crippen molar-refractivity contribution in [1.29, 1.82) is 0 Å². The van der Waals surface area contributed by atoms with Crippen LogP contribution in [0.1, 0.15) is 91.9 Å². The predicted octanol–water partition coefficient (Wildman–Crippen LogP) is 3.73. The summed E-state index contributed by atoms with van der Waals surface area (Å²) in [7, 11) is 0. The Morgan fingerprint density at radius 2 is 0.929 bits per heavy atom. The van der Waals surface area contributed by atoms with Gasteiger partial charge in [0.1, 0.15) is 0 Å². The third-order valence-corrected chi connectivity index (χ3v) is 3.03. The standard InChI is InChI=1S/C14H32N2.3C2H4O2/c1-2-3-4-5-6-7-8-9-10-11-13-16-14-12-15;3*1-2(3)4/h16H,2-15H2,1H3;3*1H3,(H,3,4). The maximum Gasteiger partial charge on any atom is 0.300 e. The molecular formula is C20H44N2O6. The highest BCUT2D eigenvalue weighted by atomic mass is 16.4. The van der Waals surface area contributed by atoms with Crippen LogP contribution >= 0.6 is 0 Å². The molecule has 0 aliphatic heterocycles. The van der Waals surface area contributed by atoms with Crippen LogP contribution in [0.5, 0.6) is 0 Å². The number of nitrogens with one attached hydrogen (secondary N) is 1. The Kier molecular flexibility index (Phi) is 39.9. The van der Waals surface area contributed by atoms with Crippen LogP contribution in [0.25, 0.3) is 0 Å². The van der Waals surface area contributed by atoms with Crippen molar-refractivity contribution < 1.29 is 29.7 Å². The molecule has 0 atom stereocenters. The summed E-state index contributed by atoms with van der Waals surface area (Å²) in [5.74, 6) is -2.50. The Bertz CT molecular complexity index is 284. The summed E-state index contributed by atoms with van der Waals surface area (Å²) >= 11 is 0. The molecule has 0 fully saturated rings. The van der Waals surface area contributed by atoms with Crippen molar-refractivity contribution in [3.05, 3.63) is 0 Å². The number of aliphatic carboxylic acids is 3. The highest BCUT2D eigenvalue weighted by Gasteiger charge is 1.92. The van der Waals surface area contributed by atoms with Crippen molar-refractivity contribution in [2.75, 3.05) is 19.6 Å². The summed E-state index contributed by atoms with van der Waals surface area (Å²) in [5, 5.41) is 25.6. The lowest BCUT2D eigenvalue weighted by Gasteiger charge is -2.03. The fourth-order valence-corrected chi connectivity index (χ4v) is 1.96. The van der Waals surface area contributed by atoms with Crippen LogP contribution < -0.4 is 11.1 Å². The molecule has 0 aliphatic carbocycles. The van der Waals surface area contributed by atoms with E-state index in [0.29, 0.717) is 0 Å². The molecule has 170 valence electrons. The van der Waals surface area contributed by atoms with Crippen LogP contribution in [0.3, 0.4) is 0 Å². The number of hydrogen-bond acceptors (Lipinski definition) is 5. The minimum absolute atomic E-state index is 0.762. The average molecular weight is 409 g/mol. The predicted molar refractivity (Wildman–Crippen MR) is 114 cm³/mol. The first kappa shape index (κ1) is 33.9. The molecule has 6 N–H and O–H groups in total. The van der Waals surface area contributed by atoms with E-state index in [9.17, 15) is 0 Å². The number of carboxylic acid groups (broad SMARTS) is 3. The summed E-state index contributed by atoms with van der Waals surface area (Å²) in [5.41, 5.74) is 5.40. The molecule has 0 aliphatic rings. The fraction of sp³-hybridized carbons (Fsp3) is 0.850. The molecule has 28 heavy (non-hydrogen) atoms. The van der Waals surface area contributed by atoms with Crippen molar-refractivity contribution in [3.63, 3.8) is 0 Å². The minimum atomic E-state index is -0.833. The molecule has 8 nitrogen and oxygen atoms in total. The number of carbonyl (C=O) groups is 3. The van der Waals surface area contributed by atoms with Gasteiger partial charge in [-0.3, -0.25) is 14.4 Å². The summed E-state index contributed by atoms with van der Waals surface area (Å²) in [6.45, 7) is 8.40. The van der Waals surface area contributed by atoms with Crippen LogP contribution in [-0.4, -0.2) is 52.9 Å². The molecule has 0 rings (SSSR count). The smallest absolute Gasteiger partial charge is 0.300 e. The molecule has 0 saturated heterocycles. The Hall–Kier alpha value is -1.67. The van der Waals surface area contributed by atoms with Gasteiger partial charge in [0.2, 0.25) is 0 Å². The van der Waals surface area contributed by atoms with Crippen molar-refractivity contribution in [3.8, 4) is 0 Å². The largest absolute Gasteiger partial charge is 0.481 e. The van der Waals surface area contributed by atoms with Gasteiger partial charge in [0, 0.05) is 33.9 Å². The Balaban J connectivity index is -0.000000195. The lowest BCUT2D eigenvalue weighted by molar-refractivity contribution is -0.135. The molecule has 8 heteroatoms. The van der Waals surface area contributed by atoms with Crippen LogP contribution in [0, 0.1) is 0 Å². The van der Waals surface area contributed by atoms with Gasteiger partial charge in [-0.2, -0.15) is 0 Å². The van der Waals surface area contributed by atoms with E-state index in [2.05, 4.69) is 12.2 Å². The van der Waals surface area contributed by atoms with E-state index in [1.807, 2.05) is 0 Å². The molecule has 0 amide bonds. The Morgan fingerprint density at radius 1 is 0.643 bits per heavy atom. The number of rotatable bonds is 13. The number of carboxylic acids is 3. The summed E-state index contributed by atoms with van der Waals surface area (Å²) in [6.07, 6.45) is 14.1. The van der Waals surface area contributed by atoms with Crippen molar-refractivity contribution in [2.24, 2.45) is 5.73 Å². The Morgan fingerprint density at radius 3 is 1.21 bits per heavy atom. The van der Waals surface area contributed by atoms with E-state index >= 15 is 0 Å². The normalized spacial score (nSPS) is 8.89. The molecule has 0 saturated carbocycles. The molecule has 0 aromatic carbocycles. The second kappa shape index (κ2) is 33.0. The van der Waals surface area contributed by atoms with Gasteiger partial charge in [0.15, 0.2) is 0 Å². The van der Waals surface area contributed by atoms with Crippen molar-refractivity contribution in [2.45, 2.75) is 91.9 Å². The molecule has 0 aromatic rings. The molecule has 0 heterocycles. The first-order valence-electron chi connectivity index (χ1n) is 10.1. The number of hydrogen-bond donors (Lipinski definition) is 5. The van der Waals surface area contributed by atoms with Crippen molar-refractivity contribution >= 4 is 17.9 Å². The molecule has 0 radical (unpaired) electrons. The summed E-state index contributed by atoms with van der Waals surface area (Å²) < 4.78 is 0. The van der Waals surface area contributed by atoms with Gasteiger partial charge in [-0.25, -0.2) is 0 Å². The number of nitrogens with two attached hydrogens (primary N) is 1. The molecule has 0 bridgehead atoms. The van der Waals surface area contributed by atoms with E-state index in [1.54, 1.807) is 0 Å². The van der Waals surface area contributed by atoms with Crippen LogP contribution in [0.4, 0.5) is 0 Å². The van der Waals surface area contributed by atoms with Gasteiger partial charge >= 0.3 is 0 Å². The first-order valence-corrected chi connectivity index (χ1v) is 10.1. The quantitative estimate of drug-likeness (QED) is 0.289. The third-order valence-electron chi connectivity index (χ3n) is 3.03. The molecule has 0 spiro atoms. The van der Waals surface area contributed by atoms with Gasteiger partial charge in [-0.05, 0) is 13.0 Å². The molecule has 0 aromatic heterocycles. The average Bonchev–Trinajstić information content (AvgIpc) is 2.54. The van der Waals surface area contributed by atoms with Gasteiger partial charge in [0.05, 0.1) is 0 Å². The van der Waals surface area contributed by atoms with E-state index < -0.39 is 17.9 Å². The monoisotopic (exact) mass is 408 g/mol. The fourth-order valence-electron chi connectivity index (χ4n) is 1.96. The minimum Gasteiger partial charge on any atom is -0.481 e. The van der Waals surface area contributed by atoms with Crippen molar-refractivity contribution in [1.82, 2.24) is 5.32 Å². The zero-order chi connectivity index (χ0) is 22.6. The summed E-state index contributed by atoms with van der Waals surface area (Å²) in [6, 6.07) is 0. The highest BCUT2D eigenvalue weighted by Crippen LogP contribution is 2.10. The van der Waals surface area contributed by atoms with Crippen LogP contribution in [-0.2, 0) is 14.4 Å². The Labute approximate surface area is 170 Å². The number of unbranched alkanes of at least 4 members (excludes halogenated alkanes) is 9. The van der Waals surface area contributed by atoms with E-state index in [4.69, 9.17) is 35.4 Å². The van der Waals surface area contributed by atoms with Gasteiger partial charge in [0.25, 0.3) is 17.9 Å². The SMILES string of the molecule is CC(=O)O.CC(=O)O.CC(=O)O.CCCCCCCCCCCCNCCN. The van der Waals surface area contributed by atoms with E-state index in [0.717, 1.165) is 40.4 Å².